The van der Waals surface area contributed by atoms with Crippen molar-refractivity contribution < 1.29 is 28.8 Å². The van der Waals surface area contributed by atoms with E-state index in [9.17, 15) is 28.8 Å². The molecule has 6 amide bonds. The molecule has 37 heavy (non-hydrogen) atoms. The molecule has 0 aromatic heterocycles. The third-order valence-electron chi connectivity index (χ3n) is 6.76. The Kier molecular flexibility index (Phi) is 10.4. The first kappa shape index (κ1) is 30.0. The van der Waals surface area contributed by atoms with Crippen LogP contribution in [-0.4, -0.2) is 77.6 Å². The van der Waals surface area contributed by atoms with Crippen LogP contribution in [0.15, 0.2) is 0 Å². The van der Waals surface area contributed by atoms with Crippen LogP contribution in [0, 0.1) is 11.3 Å². The molecular weight excluding hydrogens is 480 g/mol. The molecule has 1 saturated carbocycles. The number of ketones is 1. The molecule has 3 unspecified atom stereocenters. The van der Waals surface area contributed by atoms with E-state index in [1.807, 2.05) is 0 Å². The summed E-state index contributed by atoms with van der Waals surface area (Å²) in [5.41, 5.74) is 4.50. The molecule has 3 atom stereocenters. The summed E-state index contributed by atoms with van der Waals surface area (Å²) >= 11 is 0. The smallest absolute Gasteiger partial charge is 0.315 e. The summed E-state index contributed by atoms with van der Waals surface area (Å²) in [7, 11) is 0. The van der Waals surface area contributed by atoms with Crippen LogP contribution in [0.4, 0.5) is 4.79 Å². The summed E-state index contributed by atoms with van der Waals surface area (Å²) in [5, 5.41) is 10.4. The molecule has 6 N–H and O–H groups in total. The van der Waals surface area contributed by atoms with Crippen molar-refractivity contribution in [2.24, 2.45) is 17.1 Å². The number of urea groups is 1. The molecule has 1 aliphatic carbocycles. The zero-order valence-electron chi connectivity index (χ0n) is 22.5. The Hall–Kier alpha value is -3.18. The quantitative estimate of drug-likeness (QED) is 0.237. The molecule has 12 heteroatoms. The normalized spacial score (nSPS) is 19.4. The number of amides is 6. The van der Waals surface area contributed by atoms with Crippen LogP contribution in [0.5, 0.6) is 0 Å². The Morgan fingerprint density at radius 1 is 0.946 bits per heavy atom. The first-order chi connectivity index (χ1) is 17.2. The predicted molar refractivity (Wildman–Crippen MR) is 136 cm³/mol. The number of nitrogens with one attached hydrogen (secondary N) is 4. The van der Waals surface area contributed by atoms with Crippen LogP contribution in [-0.2, 0) is 24.0 Å². The highest BCUT2D eigenvalue weighted by Crippen LogP contribution is 2.31. The zero-order chi connectivity index (χ0) is 27.9. The minimum absolute atomic E-state index is 0.0777. The molecule has 12 nitrogen and oxygen atoms in total. The van der Waals surface area contributed by atoms with E-state index in [2.05, 4.69) is 21.3 Å². The maximum atomic E-state index is 13.6. The van der Waals surface area contributed by atoms with Gasteiger partial charge in [0.05, 0.1) is 12.6 Å². The Morgan fingerprint density at radius 3 is 2.11 bits per heavy atom. The van der Waals surface area contributed by atoms with E-state index in [0.717, 1.165) is 19.3 Å². The van der Waals surface area contributed by atoms with Crippen molar-refractivity contribution >= 4 is 35.4 Å². The van der Waals surface area contributed by atoms with Crippen LogP contribution in [0.25, 0.3) is 0 Å². The van der Waals surface area contributed by atoms with Crippen molar-refractivity contribution in [1.29, 1.82) is 0 Å². The van der Waals surface area contributed by atoms with Gasteiger partial charge >= 0.3 is 6.03 Å². The van der Waals surface area contributed by atoms with Crippen molar-refractivity contribution in [3.8, 4) is 0 Å². The lowest BCUT2D eigenvalue weighted by Crippen LogP contribution is -2.60. The molecule has 0 bridgehead atoms. The lowest BCUT2D eigenvalue weighted by atomic mass is 9.80. The number of likely N-dealkylation sites (tertiary alicyclic amines) is 1. The van der Waals surface area contributed by atoms with Crippen LogP contribution in [0.1, 0.15) is 73.1 Å². The molecule has 208 valence electrons. The van der Waals surface area contributed by atoms with Gasteiger partial charge in [0.2, 0.25) is 23.5 Å². The van der Waals surface area contributed by atoms with Gasteiger partial charge in [-0.15, -0.1) is 0 Å². The van der Waals surface area contributed by atoms with E-state index in [-0.39, 0.29) is 24.4 Å². The van der Waals surface area contributed by atoms with Crippen molar-refractivity contribution in [2.75, 3.05) is 13.1 Å². The van der Waals surface area contributed by atoms with Gasteiger partial charge in [0.1, 0.15) is 12.1 Å². The van der Waals surface area contributed by atoms with Gasteiger partial charge in [-0.25, -0.2) is 4.79 Å². The summed E-state index contributed by atoms with van der Waals surface area (Å²) < 4.78 is 0. The molecule has 0 aromatic rings. The Bertz CT molecular complexity index is 895. The Labute approximate surface area is 218 Å². The molecule has 0 spiro atoms. The summed E-state index contributed by atoms with van der Waals surface area (Å²) in [6, 6.07) is -3.60. The van der Waals surface area contributed by atoms with Crippen molar-refractivity contribution in [3.63, 3.8) is 0 Å². The maximum absolute atomic E-state index is 13.6. The molecule has 2 rings (SSSR count). The van der Waals surface area contributed by atoms with Crippen LogP contribution in [0.2, 0.25) is 0 Å². The largest absolute Gasteiger partial charge is 0.363 e. The maximum Gasteiger partial charge on any atom is 0.315 e. The number of primary amides is 1. The summed E-state index contributed by atoms with van der Waals surface area (Å²) in [5.74, 6) is -3.03. The molecular formula is C25H42N6O6. The summed E-state index contributed by atoms with van der Waals surface area (Å²) in [4.78, 5) is 76.4. The van der Waals surface area contributed by atoms with Crippen molar-refractivity contribution in [1.82, 2.24) is 26.2 Å². The van der Waals surface area contributed by atoms with Gasteiger partial charge in [-0.1, -0.05) is 40.0 Å². The number of rotatable bonds is 11. The highest BCUT2D eigenvalue weighted by atomic mass is 16.2. The number of Topliss-reactive ketones (excluding diaryl/α,β-unsaturated/α-hetero) is 1. The van der Waals surface area contributed by atoms with E-state index in [1.54, 1.807) is 34.6 Å². The number of carbonyl (C=O) groups excluding carboxylic acids is 6. The third kappa shape index (κ3) is 8.71. The van der Waals surface area contributed by atoms with E-state index >= 15 is 0 Å². The van der Waals surface area contributed by atoms with E-state index in [4.69, 9.17) is 5.73 Å². The number of hydrogen-bond donors (Lipinski definition) is 5. The Morgan fingerprint density at radius 2 is 1.59 bits per heavy atom. The van der Waals surface area contributed by atoms with Gasteiger partial charge < -0.3 is 31.9 Å². The van der Waals surface area contributed by atoms with Gasteiger partial charge in [-0.2, -0.15) is 0 Å². The molecule has 2 aliphatic rings. The molecule has 2 fully saturated rings. The van der Waals surface area contributed by atoms with E-state index in [0.29, 0.717) is 25.8 Å². The molecule has 1 heterocycles. The highest BCUT2D eigenvalue weighted by molar-refractivity contribution is 6.37. The lowest BCUT2D eigenvalue weighted by molar-refractivity contribution is -0.143. The number of nitrogens with two attached hydrogens (primary N) is 1. The fourth-order valence-electron chi connectivity index (χ4n) is 4.57. The van der Waals surface area contributed by atoms with Gasteiger partial charge in [0, 0.05) is 12.6 Å². The topological polar surface area (TPSA) is 180 Å². The number of hydrogen-bond acceptors (Lipinski definition) is 6. The van der Waals surface area contributed by atoms with Gasteiger partial charge in [0.25, 0.3) is 5.91 Å². The summed E-state index contributed by atoms with van der Waals surface area (Å²) in [6.07, 6.45) is 4.18. The standard InChI is InChI=1S/C25H42N6O6/c1-14(2)28-18(32)13-27-24(37)30-20(25(3,4)5)23(36)31-11-7-10-17(31)22(35)29-16(19(33)21(26)34)12-15-8-6-9-15/h14-17,20H,6-13H2,1-5H3,(H2,26,34)(H,28,32)(H,29,35)(H2,27,30,37). The van der Waals surface area contributed by atoms with Gasteiger partial charge in [0.15, 0.2) is 0 Å². The van der Waals surface area contributed by atoms with Crippen molar-refractivity contribution in [3.05, 3.63) is 0 Å². The zero-order valence-corrected chi connectivity index (χ0v) is 22.5. The SMILES string of the molecule is CC(C)NC(=O)CNC(=O)NC(C(=O)N1CCCC1C(=O)NC(CC1CCC1)C(=O)C(N)=O)C(C)(C)C. The average molecular weight is 523 g/mol. The minimum atomic E-state index is -1.10. The molecule has 1 saturated heterocycles. The second-order valence-corrected chi connectivity index (χ2v) is 11.4. The van der Waals surface area contributed by atoms with Crippen LogP contribution < -0.4 is 27.0 Å². The van der Waals surface area contributed by atoms with Crippen molar-refractivity contribution in [2.45, 2.75) is 97.3 Å². The Balaban J connectivity index is 2.09. The summed E-state index contributed by atoms with van der Waals surface area (Å²) in [6.45, 7) is 9.01. The monoisotopic (exact) mass is 522 g/mol. The fourth-order valence-corrected chi connectivity index (χ4v) is 4.57. The minimum Gasteiger partial charge on any atom is -0.363 e. The van der Waals surface area contributed by atoms with Crippen LogP contribution >= 0.6 is 0 Å². The number of nitrogens with zero attached hydrogens (tertiary/aromatic N) is 1. The van der Waals surface area contributed by atoms with E-state index < -0.39 is 53.1 Å². The average Bonchev–Trinajstić information content (AvgIpc) is 3.25. The van der Waals surface area contributed by atoms with Gasteiger partial charge in [-0.05, 0) is 44.4 Å². The molecule has 0 radical (unpaired) electrons. The van der Waals surface area contributed by atoms with Gasteiger partial charge in [-0.3, -0.25) is 24.0 Å². The molecule has 1 aliphatic heterocycles. The first-order valence-electron chi connectivity index (χ1n) is 13.0. The highest BCUT2D eigenvalue weighted by Gasteiger charge is 2.43. The number of carbonyl (C=O) groups is 6. The second kappa shape index (κ2) is 12.9. The fraction of sp³-hybridized carbons (Fsp3) is 0.760. The van der Waals surface area contributed by atoms with Crippen LogP contribution in [0.3, 0.4) is 0 Å². The molecule has 0 aromatic carbocycles. The predicted octanol–water partition coefficient (Wildman–Crippen LogP) is -0.0547. The first-order valence-corrected chi connectivity index (χ1v) is 13.0. The second-order valence-electron chi connectivity index (χ2n) is 11.4. The lowest BCUT2D eigenvalue weighted by Gasteiger charge is -2.36. The van der Waals surface area contributed by atoms with E-state index in [1.165, 1.54) is 4.90 Å². The third-order valence-corrected chi connectivity index (χ3v) is 6.76.